The minimum Gasteiger partial charge on any atom is -0.497 e. The zero-order valence-corrected chi connectivity index (χ0v) is 12.2. The third kappa shape index (κ3) is 3.48. The molecular formula is C16H25NO2. The van der Waals surface area contributed by atoms with Crippen molar-refractivity contribution in [3.05, 3.63) is 29.8 Å². The summed E-state index contributed by atoms with van der Waals surface area (Å²) in [6.45, 7) is 6.33. The van der Waals surface area contributed by atoms with E-state index in [4.69, 9.17) is 9.47 Å². The van der Waals surface area contributed by atoms with Gasteiger partial charge in [0.25, 0.3) is 0 Å². The van der Waals surface area contributed by atoms with Crippen LogP contribution in [0.4, 0.5) is 0 Å². The summed E-state index contributed by atoms with van der Waals surface area (Å²) in [6.07, 6.45) is 2.80. The molecule has 0 aromatic heterocycles. The SMILES string of the molecule is CCC(CC)C1CNCC(c2cccc(OC)c2)O1. The molecule has 3 nitrogen and oxygen atoms in total. The summed E-state index contributed by atoms with van der Waals surface area (Å²) in [6, 6.07) is 8.18. The van der Waals surface area contributed by atoms with Crippen molar-refractivity contribution in [1.29, 1.82) is 0 Å². The Kier molecular flexibility index (Phi) is 5.23. The Labute approximate surface area is 116 Å². The van der Waals surface area contributed by atoms with Crippen molar-refractivity contribution in [2.24, 2.45) is 5.92 Å². The Morgan fingerprint density at radius 2 is 2.11 bits per heavy atom. The van der Waals surface area contributed by atoms with Gasteiger partial charge in [-0.15, -0.1) is 0 Å². The van der Waals surface area contributed by atoms with Crippen LogP contribution in [0.5, 0.6) is 5.75 Å². The Hall–Kier alpha value is -1.06. The molecule has 0 spiro atoms. The summed E-state index contributed by atoms with van der Waals surface area (Å²) in [5.74, 6) is 1.53. The van der Waals surface area contributed by atoms with E-state index in [9.17, 15) is 0 Å². The summed E-state index contributed by atoms with van der Waals surface area (Å²) in [5, 5.41) is 3.50. The molecular weight excluding hydrogens is 238 g/mol. The predicted octanol–water partition coefficient (Wildman–Crippen LogP) is 3.16. The molecule has 1 aromatic carbocycles. The van der Waals surface area contributed by atoms with E-state index in [0.29, 0.717) is 12.0 Å². The van der Waals surface area contributed by atoms with Crippen LogP contribution in [0.2, 0.25) is 0 Å². The lowest BCUT2D eigenvalue weighted by atomic mass is 9.94. The minimum atomic E-state index is 0.134. The molecule has 1 heterocycles. The molecule has 0 aliphatic carbocycles. The van der Waals surface area contributed by atoms with Crippen molar-refractivity contribution in [3.63, 3.8) is 0 Å². The molecule has 2 unspecified atom stereocenters. The second-order valence-electron chi connectivity index (χ2n) is 5.17. The van der Waals surface area contributed by atoms with Gasteiger partial charge in [0, 0.05) is 13.1 Å². The molecule has 2 rings (SSSR count). The lowest BCUT2D eigenvalue weighted by molar-refractivity contribution is -0.0688. The first-order valence-corrected chi connectivity index (χ1v) is 7.28. The molecule has 3 heteroatoms. The highest BCUT2D eigenvalue weighted by molar-refractivity contribution is 5.30. The molecule has 2 atom stereocenters. The smallest absolute Gasteiger partial charge is 0.119 e. The van der Waals surface area contributed by atoms with E-state index in [2.05, 4.69) is 31.3 Å². The number of methoxy groups -OCH3 is 1. The van der Waals surface area contributed by atoms with Crippen LogP contribution in [0, 0.1) is 5.92 Å². The zero-order chi connectivity index (χ0) is 13.7. The maximum Gasteiger partial charge on any atom is 0.119 e. The van der Waals surface area contributed by atoms with Crippen molar-refractivity contribution in [1.82, 2.24) is 5.32 Å². The molecule has 1 aromatic rings. The molecule has 0 amide bonds. The zero-order valence-electron chi connectivity index (χ0n) is 12.2. The van der Waals surface area contributed by atoms with E-state index in [1.54, 1.807) is 7.11 Å². The third-order valence-electron chi connectivity index (χ3n) is 4.05. The number of morpholine rings is 1. The van der Waals surface area contributed by atoms with Gasteiger partial charge in [-0.1, -0.05) is 38.8 Å². The second kappa shape index (κ2) is 6.92. The molecule has 1 fully saturated rings. The van der Waals surface area contributed by atoms with Gasteiger partial charge < -0.3 is 14.8 Å². The van der Waals surface area contributed by atoms with Crippen molar-refractivity contribution in [2.75, 3.05) is 20.2 Å². The van der Waals surface area contributed by atoms with E-state index in [1.165, 1.54) is 18.4 Å². The number of rotatable bonds is 5. The van der Waals surface area contributed by atoms with Gasteiger partial charge in [-0.2, -0.15) is 0 Å². The van der Waals surface area contributed by atoms with Gasteiger partial charge in [0.2, 0.25) is 0 Å². The van der Waals surface area contributed by atoms with E-state index >= 15 is 0 Å². The molecule has 1 aliphatic rings. The first-order valence-electron chi connectivity index (χ1n) is 7.28. The number of hydrogen-bond donors (Lipinski definition) is 1. The number of nitrogens with one attached hydrogen (secondary N) is 1. The van der Waals surface area contributed by atoms with E-state index < -0.39 is 0 Å². The lowest BCUT2D eigenvalue weighted by Crippen LogP contribution is -2.44. The monoisotopic (exact) mass is 263 g/mol. The Balaban J connectivity index is 2.07. The largest absolute Gasteiger partial charge is 0.497 e. The van der Waals surface area contributed by atoms with Gasteiger partial charge in [0.15, 0.2) is 0 Å². The maximum absolute atomic E-state index is 6.30. The van der Waals surface area contributed by atoms with Crippen LogP contribution >= 0.6 is 0 Å². The van der Waals surface area contributed by atoms with Crippen LogP contribution in [0.15, 0.2) is 24.3 Å². The van der Waals surface area contributed by atoms with E-state index in [1.807, 2.05) is 12.1 Å². The summed E-state index contributed by atoms with van der Waals surface area (Å²) in [7, 11) is 1.70. The molecule has 106 valence electrons. The number of benzene rings is 1. The van der Waals surface area contributed by atoms with Gasteiger partial charge in [0.05, 0.1) is 19.3 Å². The van der Waals surface area contributed by atoms with Crippen molar-refractivity contribution in [3.8, 4) is 5.75 Å². The average molecular weight is 263 g/mol. The highest BCUT2D eigenvalue weighted by Gasteiger charge is 2.28. The number of hydrogen-bond acceptors (Lipinski definition) is 3. The van der Waals surface area contributed by atoms with Crippen molar-refractivity contribution in [2.45, 2.75) is 38.9 Å². The Morgan fingerprint density at radius 1 is 1.32 bits per heavy atom. The first-order chi connectivity index (χ1) is 9.28. The average Bonchev–Trinajstić information content (AvgIpc) is 2.49. The fourth-order valence-electron chi connectivity index (χ4n) is 2.79. The van der Waals surface area contributed by atoms with Crippen LogP contribution in [-0.2, 0) is 4.74 Å². The highest BCUT2D eigenvalue weighted by Crippen LogP contribution is 2.28. The van der Waals surface area contributed by atoms with Gasteiger partial charge in [-0.05, 0) is 23.6 Å². The van der Waals surface area contributed by atoms with Crippen LogP contribution in [0.3, 0.4) is 0 Å². The maximum atomic E-state index is 6.30. The summed E-state index contributed by atoms with van der Waals surface area (Å²) < 4.78 is 11.6. The van der Waals surface area contributed by atoms with Gasteiger partial charge in [0.1, 0.15) is 5.75 Å². The van der Waals surface area contributed by atoms with Crippen molar-refractivity contribution >= 4 is 0 Å². The molecule has 0 saturated carbocycles. The lowest BCUT2D eigenvalue weighted by Gasteiger charge is -2.35. The Morgan fingerprint density at radius 3 is 2.79 bits per heavy atom. The highest BCUT2D eigenvalue weighted by atomic mass is 16.5. The van der Waals surface area contributed by atoms with Gasteiger partial charge >= 0.3 is 0 Å². The molecule has 1 N–H and O–H groups in total. The van der Waals surface area contributed by atoms with Crippen LogP contribution in [-0.4, -0.2) is 26.3 Å². The first kappa shape index (κ1) is 14.4. The molecule has 1 aliphatic heterocycles. The summed E-state index contributed by atoms with van der Waals surface area (Å²) >= 11 is 0. The fourth-order valence-corrected chi connectivity index (χ4v) is 2.79. The predicted molar refractivity (Wildman–Crippen MR) is 77.5 cm³/mol. The Bertz CT molecular complexity index is 390. The summed E-state index contributed by atoms with van der Waals surface area (Å²) in [4.78, 5) is 0. The molecule has 0 radical (unpaired) electrons. The van der Waals surface area contributed by atoms with Gasteiger partial charge in [-0.3, -0.25) is 0 Å². The standard InChI is InChI=1S/C16H25NO2/c1-4-12(5-2)15-10-17-11-16(19-15)13-7-6-8-14(9-13)18-3/h6-9,12,15-17H,4-5,10-11H2,1-3H3. The third-order valence-corrected chi connectivity index (χ3v) is 4.05. The van der Waals surface area contributed by atoms with E-state index in [-0.39, 0.29) is 6.10 Å². The molecule has 0 bridgehead atoms. The van der Waals surface area contributed by atoms with E-state index in [0.717, 1.165) is 18.8 Å². The fraction of sp³-hybridized carbons (Fsp3) is 0.625. The van der Waals surface area contributed by atoms with Crippen molar-refractivity contribution < 1.29 is 9.47 Å². The summed E-state index contributed by atoms with van der Waals surface area (Å²) in [5.41, 5.74) is 1.20. The normalized spacial score (nSPS) is 23.6. The van der Waals surface area contributed by atoms with Crippen LogP contribution < -0.4 is 10.1 Å². The van der Waals surface area contributed by atoms with Crippen LogP contribution in [0.1, 0.15) is 38.4 Å². The number of ether oxygens (including phenoxy) is 2. The topological polar surface area (TPSA) is 30.5 Å². The van der Waals surface area contributed by atoms with Gasteiger partial charge in [-0.25, -0.2) is 0 Å². The molecule has 1 saturated heterocycles. The molecule has 19 heavy (non-hydrogen) atoms. The second-order valence-corrected chi connectivity index (χ2v) is 5.17. The minimum absolute atomic E-state index is 0.134. The van der Waals surface area contributed by atoms with Crippen LogP contribution in [0.25, 0.3) is 0 Å². The quantitative estimate of drug-likeness (QED) is 0.885.